The van der Waals surface area contributed by atoms with Crippen LogP contribution in [0.4, 0.5) is 5.95 Å². The van der Waals surface area contributed by atoms with E-state index in [0.29, 0.717) is 12.1 Å². The molecule has 0 aromatic carbocycles. The number of aromatic nitrogens is 4. The SMILES string of the molecule is CC1CN(c2n[nH]c(CCc3ccncc3)n2)CC(C)N1. The summed E-state index contributed by atoms with van der Waals surface area (Å²) in [5, 5.41) is 11.0. The van der Waals surface area contributed by atoms with Crippen LogP contribution in [0.25, 0.3) is 0 Å². The Bertz CT molecular complexity index is 557. The minimum Gasteiger partial charge on any atom is -0.336 e. The number of piperazine rings is 1. The van der Waals surface area contributed by atoms with Crippen molar-refractivity contribution in [2.45, 2.75) is 38.8 Å². The number of H-pyrrole nitrogens is 1. The van der Waals surface area contributed by atoms with Crippen LogP contribution in [0.2, 0.25) is 0 Å². The fourth-order valence-corrected chi connectivity index (χ4v) is 2.84. The Morgan fingerprint density at radius 1 is 1.14 bits per heavy atom. The van der Waals surface area contributed by atoms with Crippen LogP contribution in [0, 0.1) is 0 Å². The lowest BCUT2D eigenvalue weighted by molar-refractivity contribution is 0.403. The number of anilines is 1. The Kier molecular flexibility index (Phi) is 4.15. The molecule has 2 N–H and O–H groups in total. The molecule has 0 bridgehead atoms. The highest BCUT2D eigenvalue weighted by molar-refractivity contribution is 5.31. The van der Waals surface area contributed by atoms with Crippen molar-refractivity contribution in [3.63, 3.8) is 0 Å². The molecule has 2 unspecified atom stereocenters. The molecular formula is C15H22N6. The summed E-state index contributed by atoms with van der Waals surface area (Å²) in [6.45, 7) is 6.29. The first-order valence-electron chi connectivity index (χ1n) is 7.52. The first-order valence-corrected chi connectivity index (χ1v) is 7.52. The summed E-state index contributed by atoms with van der Waals surface area (Å²) >= 11 is 0. The topological polar surface area (TPSA) is 69.7 Å². The van der Waals surface area contributed by atoms with E-state index in [9.17, 15) is 0 Å². The van der Waals surface area contributed by atoms with Gasteiger partial charge in [0.2, 0.25) is 5.95 Å². The molecule has 6 heteroatoms. The largest absolute Gasteiger partial charge is 0.336 e. The van der Waals surface area contributed by atoms with Gasteiger partial charge in [-0.2, -0.15) is 4.98 Å². The first kappa shape index (κ1) is 14.0. The lowest BCUT2D eigenvalue weighted by Gasteiger charge is -2.35. The van der Waals surface area contributed by atoms with E-state index in [4.69, 9.17) is 0 Å². The number of rotatable bonds is 4. The fraction of sp³-hybridized carbons (Fsp3) is 0.533. The zero-order chi connectivity index (χ0) is 14.7. The summed E-state index contributed by atoms with van der Waals surface area (Å²) in [4.78, 5) is 10.9. The zero-order valence-corrected chi connectivity index (χ0v) is 12.6. The maximum atomic E-state index is 4.63. The molecule has 2 aromatic rings. The predicted molar refractivity (Wildman–Crippen MR) is 82.3 cm³/mol. The molecule has 0 amide bonds. The Hall–Kier alpha value is -1.95. The molecule has 0 radical (unpaired) electrons. The molecule has 21 heavy (non-hydrogen) atoms. The van der Waals surface area contributed by atoms with Crippen LogP contribution >= 0.6 is 0 Å². The quantitative estimate of drug-likeness (QED) is 0.883. The summed E-state index contributed by atoms with van der Waals surface area (Å²) in [6.07, 6.45) is 5.47. The Labute approximate surface area is 125 Å². The molecule has 3 heterocycles. The highest BCUT2D eigenvalue weighted by Crippen LogP contribution is 2.13. The van der Waals surface area contributed by atoms with E-state index in [0.717, 1.165) is 37.7 Å². The normalized spacial score (nSPS) is 22.5. The second-order valence-electron chi connectivity index (χ2n) is 5.81. The monoisotopic (exact) mass is 286 g/mol. The van der Waals surface area contributed by atoms with Crippen molar-refractivity contribution in [2.24, 2.45) is 0 Å². The Morgan fingerprint density at radius 3 is 2.57 bits per heavy atom. The van der Waals surface area contributed by atoms with E-state index in [1.54, 1.807) is 0 Å². The second kappa shape index (κ2) is 6.22. The van der Waals surface area contributed by atoms with Crippen molar-refractivity contribution in [3.8, 4) is 0 Å². The van der Waals surface area contributed by atoms with Gasteiger partial charge < -0.3 is 10.2 Å². The van der Waals surface area contributed by atoms with E-state index >= 15 is 0 Å². The van der Waals surface area contributed by atoms with Crippen LogP contribution in [0.5, 0.6) is 0 Å². The maximum Gasteiger partial charge on any atom is 0.244 e. The van der Waals surface area contributed by atoms with Crippen LogP contribution in [-0.2, 0) is 12.8 Å². The van der Waals surface area contributed by atoms with E-state index < -0.39 is 0 Å². The van der Waals surface area contributed by atoms with Gasteiger partial charge in [0.25, 0.3) is 0 Å². The number of pyridine rings is 1. The van der Waals surface area contributed by atoms with Crippen LogP contribution in [0.3, 0.4) is 0 Å². The van der Waals surface area contributed by atoms with Gasteiger partial charge in [-0.25, -0.2) is 0 Å². The molecule has 0 spiro atoms. The number of hydrogen-bond acceptors (Lipinski definition) is 5. The lowest BCUT2D eigenvalue weighted by Crippen LogP contribution is -2.54. The van der Waals surface area contributed by atoms with Crippen LogP contribution in [0.1, 0.15) is 25.2 Å². The standard InChI is InChI=1S/C15H22N6/c1-11-9-21(10-12(2)17-11)15-18-14(19-20-15)4-3-13-5-7-16-8-6-13/h5-8,11-12,17H,3-4,9-10H2,1-2H3,(H,18,19,20). The highest BCUT2D eigenvalue weighted by Gasteiger charge is 2.23. The summed E-state index contributed by atoms with van der Waals surface area (Å²) < 4.78 is 0. The van der Waals surface area contributed by atoms with Gasteiger partial charge in [0.1, 0.15) is 5.82 Å². The number of hydrogen-bond donors (Lipinski definition) is 2. The third kappa shape index (κ3) is 3.58. The van der Waals surface area contributed by atoms with Crippen LogP contribution in [0.15, 0.2) is 24.5 Å². The average Bonchev–Trinajstić information content (AvgIpc) is 2.94. The van der Waals surface area contributed by atoms with Gasteiger partial charge in [-0.15, -0.1) is 5.10 Å². The van der Waals surface area contributed by atoms with E-state index in [1.807, 2.05) is 24.5 Å². The fourth-order valence-electron chi connectivity index (χ4n) is 2.84. The first-order chi connectivity index (χ1) is 10.2. The van der Waals surface area contributed by atoms with E-state index in [2.05, 4.69) is 44.2 Å². The minimum atomic E-state index is 0.465. The van der Waals surface area contributed by atoms with Crippen molar-refractivity contribution in [3.05, 3.63) is 35.9 Å². The van der Waals surface area contributed by atoms with Crippen molar-refractivity contribution in [1.82, 2.24) is 25.5 Å². The van der Waals surface area contributed by atoms with Crippen molar-refractivity contribution in [2.75, 3.05) is 18.0 Å². The molecule has 1 fully saturated rings. The van der Waals surface area contributed by atoms with Gasteiger partial charge in [0, 0.05) is 44.0 Å². The second-order valence-corrected chi connectivity index (χ2v) is 5.81. The smallest absolute Gasteiger partial charge is 0.244 e. The van der Waals surface area contributed by atoms with Gasteiger partial charge in [-0.3, -0.25) is 10.1 Å². The molecule has 1 aliphatic rings. The maximum absolute atomic E-state index is 4.63. The molecular weight excluding hydrogens is 264 g/mol. The molecule has 0 saturated carbocycles. The van der Waals surface area contributed by atoms with E-state index in [1.165, 1.54) is 5.56 Å². The van der Waals surface area contributed by atoms with Crippen LogP contribution in [-0.4, -0.2) is 45.3 Å². The minimum absolute atomic E-state index is 0.465. The highest BCUT2D eigenvalue weighted by atomic mass is 15.4. The third-order valence-corrected chi connectivity index (χ3v) is 3.76. The predicted octanol–water partition coefficient (Wildman–Crippen LogP) is 1.17. The molecule has 6 nitrogen and oxygen atoms in total. The number of aromatic amines is 1. The van der Waals surface area contributed by atoms with Gasteiger partial charge >= 0.3 is 0 Å². The number of nitrogens with one attached hydrogen (secondary N) is 2. The third-order valence-electron chi connectivity index (χ3n) is 3.76. The van der Waals surface area contributed by atoms with E-state index in [-0.39, 0.29) is 0 Å². The average molecular weight is 286 g/mol. The van der Waals surface area contributed by atoms with Gasteiger partial charge in [0.05, 0.1) is 0 Å². The van der Waals surface area contributed by atoms with Crippen molar-refractivity contribution >= 4 is 5.95 Å². The molecule has 2 atom stereocenters. The van der Waals surface area contributed by atoms with Crippen LogP contribution < -0.4 is 10.2 Å². The van der Waals surface area contributed by atoms with Crippen molar-refractivity contribution < 1.29 is 0 Å². The summed E-state index contributed by atoms with van der Waals surface area (Å²) in [6, 6.07) is 5.01. The number of aryl methyl sites for hydroxylation is 2. The molecule has 2 aromatic heterocycles. The number of nitrogens with zero attached hydrogens (tertiary/aromatic N) is 4. The van der Waals surface area contributed by atoms with Gasteiger partial charge in [-0.1, -0.05) is 0 Å². The summed E-state index contributed by atoms with van der Waals surface area (Å²) in [5.41, 5.74) is 1.27. The Balaban J connectivity index is 1.61. The zero-order valence-electron chi connectivity index (χ0n) is 12.6. The molecule has 1 saturated heterocycles. The lowest BCUT2D eigenvalue weighted by atomic mass is 10.1. The molecule has 1 aliphatic heterocycles. The molecule has 3 rings (SSSR count). The van der Waals surface area contributed by atoms with Gasteiger partial charge in [-0.05, 0) is 38.0 Å². The summed E-state index contributed by atoms with van der Waals surface area (Å²) in [7, 11) is 0. The van der Waals surface area contributed by atoms with Gasteiger partial charge in [0.15, 0.2) is 0 Å². The molecule has 0 aliphatic carbocycles. The van der Waals surface area contributed by atoms with Crippen molar-refractivity contribution in [1.29, 1.82) is 0 Å². The molecule has 112 valence electrons. The Morgan fingerprint density at radius 2 is 1.86 bits per heavy atom. The summed E-state index contributed by atoms with van der Waals surface area (Å²) in [5.74, 6) is 1.76.